The number of fused-ring (bicyclic) bond motifs is 1. The molecule has 2 aromatic rings. The summed E-state index contributed by atoms with van der Waals surface area (Å²) < 4.78 is 5.68. The highest BCUT2D eigenvalue weighted by Crippen LogP contribution is 2.21. The van der Waals surface area contributed by atoms with Gasteiger partial charge in [-0.1, -0.05) is 0 Å². The van der Waals surface area contributed by atoms with Crippen LogP contribution in [0.25, 0.3) is 10.9 Å². The van der Waals surface area contributed by atoms with Crippen LogP contribution in [-0.2, 0) is 4.74 Å². The monoisotopic (exact) mass is 288 g/mol. The van der Waals surface area contributed by atoms with E-state index < -0.39 is 0 Å². The summed E-state index contributed by atoms with van der Waals surface area (Å²) in [6.45, 7) is 1.38. The number of nitrogen functional groups attached to an aromatic ring is 1. The number of amides is 1. The molecule has 0 radical (unpaired) electrons. The predicted octanol–water partition coefficient (Wildman–Crippen LogP) is 1.79. The van der Waals surface area contributed by atoms with E-state index in [0.717, 1.165) is 36.8 Å². The van der Waals surface area contributed by atoms with Gasteiger partial charge in [-0.3, -0.25) is 9.89 Å². The van der Waals surface area contributed by atoms with Gasteiger partial charge in [0.25, 0.3) is 5.91 Å². The molecule has 6 nitrogen and oxygen atoms in total. The van der Waals surface area contributed by atoms with E-state index in [4.69, 9.17) is 10.5 Å². The van der Waals surface area contributed by atoms with Gasteiger partial charge < -0.3 is 15.4 Å². The van der Waals surface area contributed by atoms with Gasteiger partial charge in [-0.2, -0.15) is 5.10 Å². The number of H-pyrrole nitrogens is 1. The molecule has 2 heterocycles. The van der Waals surface area contributed by atoms with Gasteiger partial charge in [0.15, 0.2) is 5.69 Å². The number of nitrogens with two attached hydrogens (primary N) is 1. The number of nitrogens with one attached hydrogen (secondary N) is 1. The van der Waals surface area contributed by atoms with Crippen LogP contribution < -0.4 is 5.73 Å². The Morgan fingerprint density at radius 2 is 2.38 bits per heavy atom. The number of hydrogen-bond acceptors (Lipinski definition) is 4. The van der Waals surface area contributed by atoms with Crippen molar-refractivity contribution >= 4 is 22.5 Å². The van der Waals surface area contributed by atoms with E-state index >= 15 is 0 Å². The van der Waals surface area contributed by atoms with Crippen molar-refractivity contribution in [3.8, 4) is 0 Å². The highest BCUT2D eigenvalue weighted by Gasteiger charge is 2.22. The van der Waals surface area contributed by atoms with Gasteiger partial charge in [0.05, 0.1) is 11.6 Å². The molecule has 1 aromatic heterocycles. The zero-order chi connectivity index (χ0) is 14.8. The Kier molecular flexibility index (Phi) is 3.79. The number of nitrogens with zero attached hydrogens (tertiary/aromatic N) is 2. The lowest BCUT2D eigenvalue weighted by molar-refractivity contribution is -0.000257. The Morgan fingerprint density at radius 3 is 3.14 bits per heavy atom. The summed E-state index contributed by atoms with van der Waals surface area (Å²) in [7, 11) is 1.78. The highest BCUT2D eigenvalue weighted by molar-refractivity contribution is 6.05. The first kappa shape index (κ1) is 13.9. The van der Waals surface area contributed by atoms with E-state index in [1.165, 1.54) is 0 Å². The molecule has 1 saturated heterocycles. The molecular formula is C15H20N4O2. The van der Waals surface area contributed by atoms with Crippen molar-refractivity contribution in [2.75, 3.05) is 25.9 Å². The summed E-state index contributed by atoms with van der Waals surface area (Å²) in [5.41, 5.74) is 7.64. The van der Waals surface area contributed by atoms with Gasteiger partial charge in [-0.15, -0.1) is 0 Å². The quantitative estimate of drug-likeness (QED) is 0.843. The van der Waals surface area contributed by atoms with Crippen molar-refractivity contribution in [1.29, 1.82) is 0 Å². The van der Waals surface area contributed by atoms with Gasteiger partial charge in [-0.25, -0.2) is 0 Å². The molecule has 0 spiro atoms. The van der Waals surface area contributed by atoms with Gasteiger partial charge in [0, 0.05) is 31.3 Å². The number of hydrogen-bond donors (Lipinski definition) is 2. The summed E-state index contributed by atoms with van der Waals surface area (Å²) in [5.74, 6) is -0.110. The molecule has 0 bridgehead atoms. The highest BCUT2D eigenvalue weighted by atomic mass is 16.5. The number of aromatic nitrogens is 2. The third-order valence-electron chi connectivity index (χ3n) is 3.89. The van der Waals surface area contributed by atoms with E-state index in [-0.39, 0.29) is 12.0 Å². The summed E-state index contributed by atoms with van der Waals surface area (Å²) in [5, 5.41) is 7.77. The SMILES string of the molecule is CN(CC1CCCCO1)C(=O)c1n[nH]c2ccc(N)cc12. The number of likely N-dealkylation sites (N-methyl/N-ethyl adjacent to an activating group) is 1. The number of carbonyl (C=O) groups is 1. The number of carbonyl (C=O) groups excluding carboxylic acids is 1. The van der Waals surface area contributed by atoms with Crippen molar-refractivity contribution in [2.45, 2.75) is 25.4 Å². The molecular weight excluding hydrogens is 268 g/mol. The van der Waals surface area contributed by atoms with Crippen molar-refractivity contribution in [2.24, 2.45) is 0 Å². The van der Waals surface area contributed by atoms with Crippen molar-refractivity contribution in [3.05, 3.63) is 23.9 Å². The molecule has 1 unspecified atom stereocenters. The second-order valence-electron chi connectivity index (χ2n) is 5.55. The van der Waals surface area contributed by atoms with Crippen LogP contribution in [0.2, 0.25) is 0 Å². The van der Waals surface area contributed by atoms with Gasteiger partial charge in [-0.05, 0) is 37.5 Å². The Balaban J connectivity index is 1.77. The number of aromatic amines is 1. The van der Waals surface area contributed by atoms with Crippen LogP contribution in [0.3, 0.4) is 0 Å². The lowest BCUT2D eigenvalue weighted by Crippen LogP contribution is -2.37. The fourth-order valence-corrected chi connectivity index (χ4v) is 2.72. The molecule has 3 rings (SSSR count). The molecule has 0 aliphatic carbocycles. The topological polar surface area (TPSA) is 84.2 Å². The summed E-state index contributed by atoms with van der Waals surface area (Å²) in [6, 6.07) is 5.39. The maximum absolute atomic E-state index is 12.6. The lowest BCUT2D eigenvalue weighted by atomic mass is 10.1. The first-order valence-electron chi connectivity index (χ1n) is 7.26. The van der Waals surface area contributed by atoms with E-state index in [2.05, 4.69) is 10.2 Å². The van der Waals surface area contributed by atoms with Gasteiger partial charge >= 0.3 is 0 Å². The summed E-state index contributed by atoms with van der Waals surface area (Å²) in [6.07, 6.45) is 3.40. The zero-order valence-corrected chi connectivity index (χ0v) is 12.1. The molecule has 1 aliphatic rings. The second-order valence-corrected chi connectivity index (χ2v) is 5.55. The van der Waals surface area contributed by atoms with Crippen LogP contribution in [-0.4, -0.2) is 47.3 Å². The molecule has 1 amide bonds. The maximum atomic E-state index is 12.6. The van der Waals surface area contributed by atoms with Crippen LogP contribution in [0.5, 0.6) is 0 Å². The average molecular weight is 288 g/mol. The molecule has 1 aliphatic heterocycles. The maximum Gasteiger partial charge on any atom is 0.274 e. The standard InChI is InChI=1S/C15H20N4O2/c1-19(9-11-4-2-3-7-21-11)15(20)14-12-8-10(16)5-6-13(12)17-18-14/h5-6,8,11H,2-4,7,9,16H2,1H3,(H,17,18). The van der Waals surface area contributed by atoms with Crippen molar-refractivity contribution < 1.29 is 9.53 Å². The van der Waals surface area contributed by atoms with Crippen molar-refractivity contribution in [1.82, 2.24) is 15.1 Å². The van der Waals surface area contributed by atoms with Gasteiger partial charge in [0.1, 0.15) is 0 Å². The molecule has 1 fully saturated rings. The molecule has 1 aromatic carbocycles. The number of rotatable bonds is 3. The lowest BCUT2D eigenvalue weighted by Gasteiger charge is -2.27. The Labute approximate surface area is 123 Å². The van der Waals surface area contributed by atoms with Crippen LogP contribution in [0.15, 0.2) is 18.2 Å². The average Bonchev–Trinajstić information content (AvgIpc) is 2.90. The molecule has 6 heteroatoms. The summed E-state index contributed by atoms with van der Waals surface area (Å²) >= 11 is 0. The molecule has 112 valence electrons. The number of ether oxygens (including phenoxy) is 1. The second kappa shape index (κ2) is 5.73. The minimum absolute atomic E-state index is 0.110. The molecule has 0 saturated carbocycles. The van der Waals surface area contributed by atoms with Crippen LogP contribution in [0.4, 0.5) is 5.69 Å². The Hall–Kier alpha value is -2.08. The number of benzene rings is 1. The third-order valence-corrected chi connectivity index (χ3v) is 3.89. The predicted molar refractivity (Wildman–Crippen MR) is 81.1 cm³/mol. The van der Waals surface area contributed by atoms with E-state index in [0.29, 0.717) is 17.9 Å². The first-order valence-corrected chi connectivity index (χ1v) is 7.26. The fourth-order valence-electron chi connectivity index (χ4n) is 2.72. The zero-order valence-electron chi connectivity index (χ0n) is 12.1. The number of anilines is 1. The molecule has 21 heavy (non-hydrogen) atoms. The third kappa shape index (κ3) is 2.85. The van der Waals surface area contributed by atoms with Crippen LogP contribution >= 0.6 is 0 Å². The molecule has 1 atom stereocenters. The first-order chi connectivity index (χ1) is 10.1. The van der Waals surface area contributed by atoms with Gasteiger partial charge in [0.2, 0.25) is 0 Å². The normalized spacial score (nSPS) is 18.8. The van der Waals surface area contributed by atoms with Crippen molar-refractivity contribution in [3.63, 3.8) is 0 Å². The minimum Gasteiger partial charge on any atom is -0.399 e. The van der Waals surface area contributed by atoms with Crippen LogP contribution in [0, 0.1) is 0 Å². The van der Waals surface area contributed by atoms with E-state index in [9.17, 15) is 4.79 Å². The van der Waals surface area contributed by atoms with E-state index in [1.54, 1.807) is 24.1 Å². The van der Waals surface area contributed by atoms with Crippen LogP contribution in [0.1, 0.15) is 29.8 Å². The summed E-state index contributed by atoms with van der Waals surface area (Å²) in [4.78, 5) is 14.2. The smallest absolute Gasteiger partial charge is 0.274 e. The Bertz CT molecular complexity index is 646. The van der Waals surface area contributed by atoms with E-state index in [1.807, 2.05) is 6.07 Å². The minimum atomic E-state index is -0.110. The fraction of sp³-hybridized carbons (Fsp3) is 0.467. The molecule has 3 N–H and O–H groups in total. The Morgan fingerprint density at radius 1 is 1.52 bits per heavy atom. The largest absolute Gasteiger partial charge is 0.399 e.